The molecule has 0 aliphatic heterocycles. The summed E-state index contributed by atoms with van der Waals surface area (Å²) in [6, 6.07) is 8.71. The van der Waals surface area contributed by atoms with E-state index in [-0.39, 0.29) is 0 Å². The lowest BCUT2D eigenvalue weighted by molar-refractivity contribution is 0.607. The maximum Gasteiger partial charge on any atom is -0.0260 e. The molecule has 0 bridgehead atoms. The van der Waals surface area contributed by atoms with Gasteiger partial charge in [-0.05, 0) is 24.0 Å². The molecular weight excluding hydrogens is 192 g/mol. The summed E-state index contributed by atoms with van der Waals surface area (Å²) in [5.74, 6) is 0. The molecule has 0 aliphatic rings. The van der Waals surface area contributed by atoms with Crippen molar-refractivity contribution >= 4 is 6.08 Å². The van der Waals surface area contributed by atoms with Gasteiger partial charge in [-0.15, -0.1) is 0 Å². The van der Waals surface area contributed by atoms with E-state index >= 15 is 0 Å². The zero-order chi connectivity index (χ0) is 11.6. The van der Waals surface area contributed by atoms with Gasteiger partial charge in [0.25, 0.3) is 0 Å². The number of hydrogen-bond acceptors (Lipinski definition) is 0. The lowest BCUT2D eigenvalue weighted by atomic mass is 10.0. The lowest BCUT2D eigenvalue weighted by Gasteiger charge is -2.03. The molecule has 0 amide bonds. The summed E-state index contributed by atoms with van der Waals surface area (Å²) >= 11 is 0. The summed E-state index contributed by atoms with van der Waals surface area (Å²) in [7, 11) is 0. The zero-order valence-corrected chi connectivity index (χ0v) is 10.5. The van der Waals surface area contributed by atoms with Gasteiger partial charge >= 0.3 is 0 Å². The Bertz CT molecular complexity index is 299. The van der Waals surface area contributed by atoms with Crippen molar-refractivity contribution in [3.05, 3.63) is 42.0 Å². The van der Waals surface area contributed by atoms with Crippen LogP contribution >= 0.6 is 0 Å². The molecule has 0 saturated heterocycles. The van der Waals surface area contributed by atoms with E-state index in [9.17, 15) is 0 Å². The van der Waals surface area contributed by atoms with Gasteiger partial charge in [0.2, 0.25) is 0 Å². The van der Waals surface area contributed by atoms with E-state index in [1.54, 1.807) is 0 Å². The van der Waals surface area contributed by atoms with Gasteiger partial charge in [-0.1, -0.05) is 75.9 Å². The van der Waals surface area contributed by atoms with E-state index < -0.39 is 0 Å². The molecule has 0 nitrogen and oxygen atoms in total. The van der Waals surface area contributed by atoms with Crippen LogP contribution in [-0.2, 0) is 6.42 Å². The van der Waals surface area contributed by atoms with Gasteiger partial charge in [-0.2, -0.15) is 0 Å². The van der Waals surface area contributed by atoms with Gasteiger partial charge in [-0.3, -0.25) is 0 Å². The molecule has 0 atom stereocenters. The fraction of sp³-hybridized carbons (Fsp3) is 0.500. The second-order valence-corrected chi connectivity index (χ2v) is 4.47. The van der Waals surface area contributed by atoms with Crippen LogP contribution in [0, 0.1) is 0 Å². The van der Waals surface area contributed by atoms with Gasteiger partial charge in [0, 0.05) is 0 Å². The van der Waals surface area contributed by atoms with Crippen LogP contribution in [0.3, 0.4) is 0 Å². The zero-order valence-electron chi connectivity index (χ0n) is 10.5. The Morgan fingerprint density at radius 3 is 2.56 bits per heavy atom. The van der Waals surface area contributed by atoms with Gasteiger partial charge in [-0.25, -0.2) is 0 Å². The Labute approximate surface area is 100 Å². The molecule has 0 heterocycles. The van der Waals surface area contributed by atoms with Crippen LogP contribution in [0.25, 0.3) is 6.08 Å². The van der Waals surface area contributed by atoms with Crippen molar-refractivity contribution in [3.8, 4) is 0 Å². The Hall–Kier alpha value is -1.04. The third-order valence-corrected chi connectivity index (χ3v) is 3.01. The molecule has 0 aliphatic carbocycles. The lowest BCUT2D eigenvalue weighted by Crippen LogP contribution is -1.87. The van der Waals surface area contributed by atoms with E-state index in [0.29, 0.717) is 0 Å². The maximum absolute atomic E-state index is 3.80. The number of benzene rings is 1. The summed E-state index contributed by atoms with van der Waals surface area (Å²) in [5.41, 5.74) is 2.69. The Kier molecular flexibility index (Phi) is 6.64. The van der Waals surface area contributed by atoms with E-state index in [4.69, 9.17) is 0 Å². The molecule has 0 radical (unpaired) electrons. The van der Waals surface area contributed by atoms with Crippen molar-refractivity contribution < 1.29 is 0 Å². The second kappa shape index (κ2) is 8.15. The molecule has 1 aromatic rings. The SMILES string of the molecule is C=Cc1cccc(CCCCCCCC)c1. The highest BCUT2D eigenvalue weighted by atomic mass is 14.0. The molecule has 0 fully saturated rings. The topological polar surface area (TPSA) is 0 Å². The fourth-order valence-corrected chi connectivity index (χ4v) is 1.99. The normalized spacial score (nSPS) is 10.3. The predicted molar refractivity (Wildman–Crippen MR) is 73.6 cm³/mol. The Morgan fingerprint density at radius 2 is 1.81 bits per heavy atom. The highest BCUT2D eigenvalue weighted by molar-refractivity contribution is 5.47. The summed E-state index contributed by atoms with van der Waals surface area (Å²) in [6.07, 6.45) is 11.4. The second-order valence-electron chi connectivity index (χ2n) is 4.47. The minimum Gasteiger partial charge on any atom is -0.0985 e. The van der Waals surface area contributed by atoms with Gasteiger partial charge in [0.1, 0.15) is 0 Å². The van der Waals surface area contributed by atoms with Crippen LogP contribution < -0.4 is 0 Å². The van der Waals surface area contributed by atoms with E-state index in [0.717, 1.165) is 0 Å². The predicted octanol–water partition coefficient (Wildman–Crippen LogP) is 5.23. The standard InChI is InChI=1S/C16H24/c1-3-5-6-7-8-9-11-16-13-10-12-15(4-2)14-16/h4,10,12-14H,2-3,5-9,11H2,1H3. The van der Waals surface area contributed by atoms with E-state index in [2.05, 4.69) is 37.8 Å². The minimum absolute atomic E-state index is 1.22. The highest BCUT2D eigenvalue weighted by Crippen LogP contribution is 2.12. The molecule has 0 spiro atoms. The van der Waals surface area contributed by atoms with Gasteiger partial charge in [0.15, 0.2) is 0 Å². The van der Waals surface area contributed by atoms with Crippen molar-refractivity contribution in [2.75, 3.05) is 0 Å². The van der Waals surface area contributed by atoms with Crippen LogP contribution in [-0.4, -0.2) is 0 Å². The smallest absolute Gasteiger partial charge is 0.0260 e. The third kappa shape index (κ3) is 5.16. The van der Waals surface area contributed by atoms with Crippen molar-refractivity contribution in [3.63, 3.8) is 0 Å². The first-order valence-corrected chi connectivity index (χ1v) is 6.58. The van der Waals surface area contributed by atoms with Gasteiger partial charge in [0.05, 0.1) is 0 Å². The molecule has 1 rings (SSSR count). The van der Waals surface area contributed by atoms with Gasteiger partial charge < -0.3 is 0 Å². The number of hydrogen-bond donors (Lipinski definition) is 0. The summed E-state index contributed by atoms with van der Waals surface area (Å²) < 4.78 is 0. The molecule has 0 aromatic heterocycles. The summed E-state index contributed by atoms with van der Waals surface area (Å²) in [6.45, 7) is 6.07. The average molecular weight is 216 g/mol. The summed E-state index contributed by atoms with van der Waals surface area (Å²) in [5, 5.41) is 0. The highest BCUT2D eigenvalue weighted by Gasteiger charge is 1.94. The van der Waals surface area contributed by atoms with Crippen LogP contribution in [0.4, 0.5) is 0 Å². The molecule has 1 aromatic carbocycles. The molecular formula is C16H24. The summed E-state index contributed by atoms with van der Waals surface area (Å²) in [4.78, 5) is 0. The molecule has 16 heavy (non-hydrogen) atoms. The molecule has 0 saturated carbocycles. The Balaban J connectivity index is 2.18. The Morgan fingerprint density at radius 1 is 1.06 bits per heavy atom. The van der Waals surface area contributed by atoms with E-state index in [1.807, 2.05) is 6.08 Å². The number of unbranched alkanes of at least 4 members (excludes halogenated alkanes) is 5. The van der Waals surface area contributed by atoms with Crippen molar-refractivity contribution in [2.24, 2.45) is 0 Å². The average Bonchev–Trinajstić information content (AvgIpc) is 2.34. The maximum atomic E-state index is 3.80. The van der Waals surface area contributed by atoms with Crippen molar-refractivity contribution in [1.82, 2.24) is 0 Å². The largest absolute Gasteiger partial charge is 0.0985 e. The van der Waals surface area contributed by atoms with Crippen LogP contribution in [0.1, 0.15) is 56.6 Å². The van der Waals surface area contributed by atoms with Crippen LogP contribution in [0.15, 0.2) is 30.8 Å². The minimum atomic E-state index is 1.22. The number of rotatable bonds is 8. The van der Waals surface area contributed by atoms with Crippen molar-refractivity contribution in [1.29, 1.82) is 0 Å². The quantitative estimate of drug-likeness (QED) is 0.522. The monoisotopic (exact) mass is 216 g/mol. The molecule has 0 unspecified atom stereocenters. The van der Waals surface area contributed by atoms with Crippen molar-refractivity contribution in [2.45, 2.75) is 51.9 Å². The molecule has 88 valence electrons. The van der Waals surface area contributed by atoms with Crippen LogP contribution in [0.5, 0.6) is 0 Å². The van der Waals surface area contributed by atoms with E-state index in [1.165, 1.54) is 56.1 Å². The first kappa shape index (κ1) is 13.0. The van der Waals surface area contributed by atoms with Crippen LogP contribution in [0.2, 0.25) is 0 Å². The number of aryl methyl sites for hydroxylation is 1. The third-order valence-electron chi connectivity index (χ3n) is 3.01. The molecule has 0 heteroatoms. The first-order valence-electron chi connectivity index (χ1n) is 6.58. The first-order chi connectivity index (χ1) is 7.86. The fourth-order valence-electron chi connectivity index (χ4n) is 1.99. The molecule has 0 N–H and O–H groups in total.